The molecule has 1 saturated carbocycles. The summed E-state index contributed by atoms with van der Waals surface area (Å²) >= 11 is 3.60. The van der Waals surface area contributed by atoms with E-state index in [1.54, 1.807) is 7.11 Å². The van der Waals surface area contributed by atoms with Crippen LogP contribution in [0.5, 0.6) is 5.75 Å². The Labute approximate surface area is 98.9 Å². The average molecular weight is 270 g/mol. The summed E-state index contributed by atoms with van der Waals surface area (Å²) in [6.07, 6.45) is 2.34. The Hall–Kier alpha value is -0.540. The summed E-state index contributed by atoms with van der Waals surface area (Å²) in [5.74, 6) is 0.993. The van der Waals surface area contributed by atoms with Gasteiger partial charge in [-0.25, -0.2) is 0 Å². The van der Waals surface area contributed by atoms with Crippen LogP contribution in [0.25, 0.3) is 0 Å². The molecule has 0 aliphatic heterocycles. The highest BCUT2D eigenvalue weighted by atomic mass is 79.9. The Balaban J connectivity index is 2.58. The van der Waals surface area contributed by atoms with E-state index in [0.717, 1.165) is 10.2 Å². The molecule has 15 heavy (non-hydrogen) atoms. The highest BCUT2D eigenvalue weighted by Gasteiger charge is 2.46. The second kappa shape index (κ2) is 3.80. The van der Waals surface area contributed by atoms with Gasteiger partial charge in [0.05, 0.1) is 7.11 Å². The van der Waals surface area contributed by atoms with E-state index in [1.165, 1.54) is 24.0 Å². The van der Waals surface area contributed by atoms with E-state index in [1.807, 2.05) is 0 Å². The lowest BCUT2D eigenvalue weighted by atomic mass is 9.93. The van der Waals surface area contributed by atoms with Crippen molar-refractivity contribution in [3.8, 4) is 5.75 Å². The monoisotopic (exact) mass is 269 g/mol. The van der Waals surface area contributed by atoms with Crippen LogP contribution in [-0.4, -0.2) is 13.7 Å². The van der Waals surface area contributed by atoms with Crippen molar-refractivity contribution in [2.75, 3.05) is 13.7 Å². The fraction of sp³-hybridized carbons (Fsp3) is 0.500. The first-order chi connectivity index (χ1) is 7.14. The summed E-state index contributed by atoms with van der Waals surface area (Å²) in [7, 11) is 1.73. The molecular weight excluding hydrogens is 254 g/mol. The van der Waals surface area contributed by atoms with Gasteiger partial charge in [0.15, 0.2) is 0 Å². The number of methoxy groups -OCH3 is 1. The maximum absolute atomic E-state index is 5.87. The predicted octanol–water partition coefficient (Wildman–Crippen LogP) is 2.76. The third-order valence-corrected chi connectivity index (χ3v) is 3.94. The van der Waals surface area contributed by atoms with Gasteiger partial charge in [0, 0.05) is 22.0 Å². The topological polar surface area (TPSA) is 35.2 Å². The molecule has 1 aliphatic rings. The molecule has 0 amide bonds. The van der Waals surface area contributed by atoms with Crippen molar-refractivity contribution in [3.63, 3.8) is 0 Å². The van der Waals surface area contributed by atoms with Gasteiger partial charge in [0.25, 0.3) is 0 Å². The second-order valence-electron chi connectivity index (χ2n) is 4.26. The van der Waals surface area contributed by atoms with Crippen LogP contribution in [0, 0.1) is 6.92 Å². The smallest absolute Gasteiger partial charge is 0.126 e. The van der Waals surface area contributed by atoms with Gasteiger partial charge in [-0.1, -0.05) is 22.0 Å². The number of halogens is 1. The molecule has 0 bridgehead atoms. The van der Waals surface area contributed by atoms with Crippen LogP contribution in [-0.2, 0) is 5.41 Å². The molecule has 0 radical (unpaired) electrons. The van der Waals surface area contributed by atoms with Crippen LogP contribution in [0.2, 0.25) is 0 Å². The second-order valence-corrected chi connectivity index (χ2v) is 5.11. The number of benzene rings is 1. The molecule has 0 heterocycles. The van der Waals surface area contributed by atoms with Gasteiger partial charge in [-0.05, 0) is 31.4 Å². The summed E-state index contributed by atoms with van der Waals surface area (Å²) in [5, 5.41) is 0. The highest BCUT2D eigenvalue weighted by molar-refractivity contribution is 9.10. The lowest BCUT2D eigenvalue weighted by Crippen LogP contribution is -2.21. The van der Waals surface area contributed by atoms with Crippen molar-refractivity contribution >= 4 is 15.9 Å². The van der Waals surface area contributed by atoms with E-state index in [-0.39, 0.29) is 5.41 Å². The van der Waals surface area contributed by atoms with E-state index in [4.69, 9.17) is 10.5 Å². The number of rotatable bonds is 3. The minimum atomic E-state index is 0.163. The number of hydrogen-bond donors (Lipinski definition) is 1. The van der Waals surface area contributed by atoms with Gasteiger partial charge < -0.3 is 10.5 Å². The molecule has 0 aromatic heterocycles. The lowest BCUT2D eigenvalue weighted by Gasteiger charge is -2.20. The fourth-order valence-corrected chi connectivity index (χ4v) is 2.86. The van der Waals surface area contributed by atoms with Crippen molar-refractivity contribution in [2.45, 2.75) is 25.2 Å². The summed E-state index contributed by atoms with van der Waals surface area (Å²) in [6.45, 7) is 2.77. The molecule has 0 saturated heterocycles. The van der Waals surface area contributed by atoms with Gasteiger partial charge in [0.2, 0.25) is 0 Å². The standard InChI is InChI=1S/C12H16BrNO/c1-8-3-4-9(13)10(11(8)15-2)12(7-14)5-6-12/h3-4H,5-7,14H2,1-2H3. The van der Waals surface area contributed by atoms with Crippen LogP contribution in [0.15, 0.2) is 16.6 Å². The molecule has 2 nitrogen and oxygen atoms in total. The fourth-order valence-electron chi connectivity index (χ4n) is 2.13. The molecule has 1 aliphatic carbocycles. The van der Waals surface area contributed by atoms with Crippen LogP contribution in [0.4, 0.5) is 0 Å². The largest absolute Gasteiger partial charge is 0.496 e. The molecule has 3 heteroatoms. The number of hydrogen-bond acceptors (Lipinski definition) is 2. The Bertz CT molecular complexity index is 385. The van der Waals surface area contributed by atoms with Crippen molar-refractivity contribution in [1.82, 2.24) is 0 Å². The summed E-state index contributed by atoms with van der Waals surface area (Å²) < 4.78 is 6.62. The van der Waals surface area contributed by atoms with E-state index in [0.29, 0.717) is 6.54 Å². The molecule has 0 atom stereocenters. The van der Waals surface area contributed by atoms with Crippen LogP contribution in [0.3, 0.4) is 0 Å². The predicted molar refractivity (Wildman–Crippen MR) is 65.4 cm³/mol. The molecular formula is C12H16BrNO. The zero-order valence-corrected chi connectivity index (χ0v) is 10.7. The summed E-state index contributed by atoms with van der Waals surface area (Å²) in [6, 6.07) is 4.15. The molecule has 82 valence electrons. The maximum Gasteiger partial charge on any atom is 0.126 e. The Morgan fingerprint density at radius 3 is 2.60 bits per heavy atom. The molecule has 2 rings (SSSR count). The van der Waals surface area contributed by atoms with Crippen LogP contribution in [0.1, 0.15) is 24.0 Å². The van der Waals surface area contributed by atoms with Crippen LogP contribution >= 0.6 is 15.9 Å². The zero-order valence-electron chi connectivity index (χ0n) is 9.14. The minimum absolute atomic E-state index is 0.163. The normalized spacial score (nSPS) is 17.6. The minimum Gasteiger partial charge on any atom is -0.496 e. The van der Waals surface area contributed by atoms with Gasteiger partial charge in [-0.15, -0.1) is 0 Å². The summed E-state index contributed by atoms with van der Waals surface area (Å²) in [5.41, 5.74) is 8.46. The van der Waals surface area contributed by atoms with Gasteiger partial charge in [-0.3, -0.25) is 0 Å². The van der Waals surface area contributed by atoms with Crippen LogP contribution < -0.4 is 10.5 Å². The van der Waals surface area contributed by atoms with E-state index in [2.05, 4.69) is 35.0 Å². The third kappa shape index (κ3) is 1.68. The summed E-state index contributed by atoms with van der Waals surface area (Å²) in [4.78, 5) is 0. The first kappa shape index (κ1) is 11.0. The maximum atomic E-state index is 5.87. The van der Waals surface area contributed by atoms with Crippen molar-refractivity contribution < 1.29 is 4.74 Å². The zero-order chi connectivity index (χ0) is 11.1. The first-order valence-corrected chi connectivity index (χ1v) is 5.97. The average Bonchev–Trinajstić information content (AvgIpc) is 3.01. The quantitative estimate of drug-likeness (QED) is 0.916. The van der Waals surface area contributed by atoms with Gasteiger partial charge in [0.1, 0.15) is 5.75 Å². The molecule has 1 aromatic carbocycles. The SMILES string of the molecule is COc1c(C)ccc(Br)c1C1(CN)CC1. The molecule has 0 unspecified atom stereocenters. The van der Waals surface area contributed by atoms with Crippen molar-refractivity contribution in [1.29, 1.82) is 0 Å². The van der Waals surface area contributed by atoms with E-state index < -0.39 is 0 Å². The highest BCUT2D eigenvalue weighted by Crippen LogP contribution is 2.53. The van der Waals surface area contributed by atoms with Gasteiger partial charge >= 0.3 is 0 Å². The van der Waals surface area contributed by atoms with E-state index >= 15 is 0 Å². The van der Waals surface area contributed by atoms with Gasteiger partial charge in [-0.2, -0.15) is 0 Å². The Morgan fingerprint density at radius 1 is 1.47 bits per heavy atom. The Morgan fingerprint density at radius 2 is 2.13 bits per heavy atom. The van der Waals surface area contributed by atoms with Crippen molar-refractivity contribution in [3.05, 3.63) is 27.7 Å². The Kier molecular flexibility index (Phi) is 2.77. The molecule has 1 fully saturated rings. The number of nitrogens with two attached hydrogens (primary N) is 1. The van der Waals surface area contributed by atoms with E-state index in [9.17, 15) is 0 Å². The number of ether oxygens (including phenoxy) is 1. The first-order valence-electron chi connectivity index (χ1n) is 5.18. The number of aryl methyl sites for hydroxylation is 1. The molecule has 0 spiro atoms. The third-order valence-electron chi connectivity index (χ3n) is 3.28. The molecule has 1 aromatic rings. The molecule has 2 N–H and O–H groups in total. The lowest BCUT2D eigenvalue weighted by molar-refractivity contribution is 0.400. The van der Waals surface area contributed by atoms with Crippen molar-refractivity contribution in [2.24, 2.45) is 5.73 Å².